The van der Waals surface area contributed by atoms with Crippen LogP contribution in [-0.2, 0) is 11.3 Å². The van der Waals surface area contributed by atoms with Crippen molar-refractivity contribution >= 4 is 5.91 Å². The highest BCUT2D eigenvalue weighted by atomic mass is 19.1. The molecule has 1 amide bonds. The second-order valence-electron chi connectivity index (χ2n) is 6.41. The summed E-state index contributed by atoms with van der Waals surface area (Å²) in [5, 5.41) is 12.9. The van der Waals surface area contributed by atoms with Gasteiger partial charge in [-0.3, -0.25) is 4.79 Å². The molecule has 4 nitrogen and oxygen atoms in total. The van der Waals surface area contributed by atoms with Crippen LogP contribution in [0.2, 0.25) is 0 Å². The number of para-hydroxylation sites is 1. The van der Waals surface area contributed by atoms with E-state index in [4.69, 9.17) is 4.74 Å². The number of aliphatic hydroxyl groups excluding tert-OH is 1. The molecule has 0 saturated heterocycles. The molecule has 132 valence electrons. The van der Waals surface area contributed by atoms with Crippen molar-refractivity contribution in [2.75, 3.05) is 6.61 Å². The van der Waals surface area contributed by atoms with Gasteiger partial charge in [0.2, 0.25) is 5.91 Å². The van der Waals surface area contributed by atoms with Crippen molar-refractivity contribution in [3.05, 3.63) is 65.5 Å². The van der Waals surface area contributed by atoms with Gasteiger partial charge in [0.05, 0.1) is 19.1 Å². The number of amides is 1. The zero-order chi connectivity index (χ0) is 17.6. The van der Waals surface area contributed by atoms with Crippen molar-refractivity contribution in [3.63, 3.8) is 0 Å². The Morgan fingerprint density at radius 1 is 1.24 bits per heavy atom. The molecule has 3 rings (SSSR count). The zero-order valence-corrected chi connectivity index (χ0v) is 14.0. The average molecular weight is 343 g/mol. The number of aliphatic hydroxyl groups is 1. The smallest absolute Gasteiger partial charge is 0.223 e. The van der Waals surface area contributed by atoms with Crippen LogP contribution in [0.15, 0.2) is 48.5 Å². The molecule has 0 aromatic heterocycles. The van der Waals surface area contributed by atoms with Gasteiger partial charge in [-0.1, -0.05) is 30.3 Å². The number of halogens is 1. The van der Waals surface area contributed by atoms with Gasteiger partial charge >= 0.3 is 0 Å². The molecule has 2 aromatic carbocycles. The van der Waals surface area contributed by atoms with Crippen molar-refractivity contribution in [2.24, 2.45) is 5.92 Å². The van der Waals surface area contributed by atoms with Crippen molar-refractivity contribution < 1.29 is 19.0 Å². The molecule has 0 heterocycles. The predicted molar refractivity (Wildman–Crippen MR) is 92.5 cm³/mol. The summed E-state index contributed by atoms with van der Waals surface area (Å²) < 4.78 is 19.0. The first-order valence-electron chi connectivity index (χ1n) is 8.53. The zero-order valence-electron chi connectivity index (χ0n) is 14.0. The van der Waals surface area contributed by atoms with E-state index < -0.39 is 11.9 Å². The van der Waals surface area contributed by atoms with Crippen molar-refractivity contribution in [3.8, 4) is 5.75 Å². The molecular formula is C20H22FNO3. The van der Waals surface area contributed by atoms with Gasteiger partial charge in [-0.05, 0) is 42.5 Å². The highest BCUT2D eigenvalue weighted by molar-refractivity contribution is 5.76. The number of ether oxygens (including phenoxy) is 1. The second kappa shape index (κ2) is 8.12. The van der Waals surface area contributed by atoms with E-state index in [1.165, 1.54) is 31.0 Å². The van der Waals surface area contributed by atoms with E-state index in [-0.39, 0.29) is 12.3 Å². The maximum Gasteiger partial charge on any atom is 0.223 e. The number of hydrogen-bond acceptors (Lipinski definition) is 3. The quantitative estimate of drug-likeness (QED) is 0.773. The minimum atomic E-state index is -1.03. The van der Waals surface area contributed by atoms with Gasteiger partial charge in [-0.15, -0.1) is 0 Å². The summed E-state index contributed by atoms with van der Waals surface area (Å²) in [6, 6.07) is 13.3. The molecule has 1 atom stereocenters. The third-order valence-corrected chi connectivity index (χ3v) is 4.23. The predicted octanol–water partition coefficient (Wildman–Crippen LogP) is 3.35. The summed E-state index contributed by atoms with van der Waals surface area (Å²) in [5.41, 5.74) is 1.29. The minimum Gasteiger partial charge on any atom is -0.493 e. The van der Waals surface area contributed by atoms with Crippen molar-refractivity contribution in [1.82, 2.24) is 5.32 Å². The Hall–Kier alpha value is -2.40. The number of nitrogens with one attached hydrogen (secondary N) is 1. The van der Waals surface area contributed by atoms with Gasteiger partial charge in [0, 0.05) is 12.1 Å². The van der Waals surface area contributed by atoms with Gasteiger partial charge in [0.25, 0.3) is 0 Å². The molecule has 0 radical (unpaired) electrons. The number of carbonyl (C=O) groups is 1. The SMILES string of the molecule is O=C(CC(O)c1cccc(F)c1)NCc1ccccc1OCC1CC1. The fourth-order valence-electron chi connectivity index (χ4n) is 2.56. The number of carbonyl (C=O) groups excluding carboxylic acids is 1. The third kappa shape index (κ3) is 5.29. The molecular weight excluding hydrogens is 321 g/mol. The average Bonchev–Trinajstić information content (AvgIpc) is 3.43. The molecule has 1 aliphatic carbocycles. The number of benzene rings is 2. The standard InChI is InChI=1S/C20H22FNO3/c21-17-6-3-5-15(10-17)18(23)11-20(24)22-12-16-4-1-2-7-19(16)25-13-14-8-9-14/h1-7,10,14,18,23H,8-9,11-13H2,(H,22,24). The molecule has 1 saturated carbocycles. The lowest BCUT2D eigenvalue weighted by Crippen LogP contribution is -2.25. The van der Waals surface area contributed by atoms with Gasteiger partial charge < -0.3 is 15.2 Å². The fourth-order valence-corrected chi connectivity index (χ4v) is 2.56. The van der Waals surface area contributed by atoms with Gasteiger partial charge in [-0.2, -0.15) is 0 Å². The first kappa shape index (κ1) is 17.4. The Morgan fingerprint density at radius 3 is 2.80 bits per heavy atom. The van der Waals surface area contributed by atoms with Crippen LogP contribution in [0.1, 0.15) is 36.5 Å². The van der Waals surface area contributed by atoms with Gasteiger partial charge in [0.1, 0.15) is 11.6 Å². The second-order valence-corrected chi connectivity index (χ2v) is 6.41. The largest absolute Gasteiger partial charge is 0.493 e. The van der Waals surface area contributed by atoms with Gasteiger partial charge in [-0.25, -0.2) is 4.39 Å². The first-order valence-corrected chi connectivity index (χ1v) is 8.53. The molecule has 1 aliphatic rings. The van der Waals surface area contributed by atoms with Crippen molar-refractivity contribution in [1.29, 1.82) is 0 Å². The van der Waals surface area contributed by atoms with Crippen LogP contribution < -0.4 is 10.1 Å². The van der Waals surface area contributed by atoms with Crippen LogP contribution in [0.4, 0.5) is 4.39 Å². The van der Waals surface area contributed by atoms with Crippen molar-refractivity contribution in [2.45, 2.75) is 31.9 Å². The Balaban J connectivity index is 1.51. The maximum absolute atomic E-state index is 13.2. The summed E-state index contributed by atoms with van der Waals surface area (Å²) >= 11 is 0. The topological polar surface area (TPSA) is 58.6 Å². The molecule has 0 spiro atoms. The third-order valence-electron chi connectivity index (χ3n) is 4.23. The normalized spacial score (nSPS) is 14.8. The van der Waals surface area contributed by atoms with Crippen LogP contribution >= 0.6 is 0 Å². The van der Waals surface area contributed by atoms with Crippen LogP contribution in [0, 0.1) is 11.7 Å². The van der Waals surface area contributed by atoms with Crippen LogP contribution in [0.3, 0.4) is 0 Å². The first-order chi connectivity index (χ1) is 12.1. The Morgan fingerprint density at radius 2 is 2.04 bits per heavy atom. The summed E-state index contributed by atoms with van der Waals surface area (Å²) in [5.74, 6) is 0.705. The van der Waals surface area contributed by atoms with E-state index in [1.54, 1.807) is 6.07 Å². The highest BCUT2D eigenvalue weighted by Gasteiger charge is 2.22. The molecule has 2 N–H and O–H groups in total. The Labute approximate surface area is 146 Å². The van der Waals surface area contributed by atoms with E-state index in [0.29, 0.717) is 24.6 Å². The summed E-state index contributed by atoms with van der Waals surface area (Å²) in [6.07, 6.45) is 1.29. The number of rotatable bonds is 8. The highest BCUT2D eigenvalue weighted by Crippen LogP contribution is 2.30. The van der Waals surface area contributed by atoms with Crippen LogP contribution in [-0.4, -0.2) is 17.6 Å². The Bertz CT molecular complexity index is 730. The van der Waals surface area contributed by atoms with E-state index in [2.05, 4.69) is 5.32 Å². The molecule has 1 unspecified atom stereocenters. The molecule has 0 aliphatic heterocycles. The lowest BCUT2D eigenvalue weighted by molar-refractivity contribution is -0.123. The number of hydrogen-bond donors (Lipinski definition) is 2. The monoisotopic (exact) mass is 343 g/mol. The minimum absolute atomic E-state index is 0.117. The summed E-state index contributed by atoms with van der Waals surface area (Å²) in [6.45, 7) is 1.04. The van der Waals surface area contributed by atoms with E-state index >= 15 is 0 Å². The van der Waals surface area contributed by atoms with E-state index in [0.717, 1.165) is 11.3 Å². The summed E-state index contributed by atoms with van der Waals surface area (Å²) in [7, 11) is 0. The molecule has 2 aromatic rings. The fraction of sp³-hybridized carbons (Fsp3) is 0.350. The molecule has 1 fully saturated rings. The maximum atomic E-state index is 13.2. The molecule has 0 bridgehead atoms. The van der Waals surface area contributed by atoms with Crippen LogP contribution in [0.25, 0.3) is 0 Å². The van der Waals surface area contributed by atoms with E-state index in [9.17, 15) is 14.3 Å². The Kier molecular flexibility index (Phi) is 5.66. The lowest BCUT2D eigenvalue weighted by atomic mass is 10.1. The van der Waals surface area contributed by atoms with Crippen LogP contribution in [0.5, 0.6) is 5.75 Å². The molecule has 25 heavy (non-hydrogen) atoms. The lowest BCUT2D eigenvalue weighted by Gasteiger charge is -2.14. The molecule has 5 heteroatoms. The van der Waals surface area contributed by atoms with Gasteiger partial charge in [0.15, 0.2) is 0 Å². The summed E-state index contributed by atoms with van der Waals surface area (Å²) in [4.78, 5) is 12.1. The van der Waals surface area contributed by atoms with E-state index in [1.807, 2.05) is 24.3 Å².